The molecule has 2 aromatic heterocycles. The molecule has 0 saturated heterocycles. The molecule has 0 radical (unpaired) electrons. The van der Waals surface area contributed by atoms with E-state index in [-0.39, 0.29) is 12.1 Å². The van der Waals surface area contributed by atoms with Crippen molar-refractivity contribution >= 4 is 34.3 Å². The van der Waals surface area contributed by atoms with Crippen LogP contribution in [0, 0.1) is 0 Å². The summed E-state index contributed by atoms with van der Waals surface area (Å²) in [6.07, 6.45) is 0.346. The molecule has 0 saturated carbocycles. The Balaban J connectivity index is 1.76. The van der Waals surface area contributed by atoms with E-state index in [1.165, 1.54) is 4.88 Å². The van der Waals surface area contributed by atoms with Crippen LogP contribution in [0.2, 0.25) is 4.34 Å². The molecule has 0 spiro atoms. The van der Waals surface area contributed by atoms with Gasteiger partial charge in [-0.1, -0.05) is 17.7 Å². The van der Waals surface area contributed by atoms with Crippen molar-refractivity contribution in [2.75, 3.05) is 0 Å². The van der Waals surface area contributed by atoms with E-state index >= 15 is 0 Å². The molecule has 5 heteroatoms. The van der Waals surface area contributed by atoms with Crippen LogP contribution in [0.4, 0.5) is 0 Å². The van der Waals surface area contributed by atoms with Gasteiger partial charge >= 0.3 is 0 Å². The standard InChI is InChI=1S/C13H16ClNOS2/c1-9(7-11(16)12-3-2-6-17-12)15-8-10-4-5-13(14)18-10/h2-6,9,11,15-16H,7-8H2,1H3. The fourth-order valence-electron chi connectivity index (χ4n) is 1.74. The summed E-state index contributed by atoms with van der Waals surface area (Å²) in [5, 5.41) is 15.4. The maximum absolute atomic E-state index is 10.0. The largest absolute Gasteiger partial charge is 0.388 e. The van der Waals surface area contributed by atoms with Crippen LogP contribution < -0.4 is 5.32 Å². The summed E-state index contributed by atoms with van der Waals surface area (Å²) in [6, 6.07) is 8.15. The van der Waals surface area contributed by atoms with Gasteiger partial charge in [0.25, 0.3) is 0 Å². The second-order valence-corrected chi connectivity index (χ2v) is 7.03. The Kier molecular flexibility index (Phi) is 5.21. The summed E-state index contributed by atoms with van der Waals surface area (Å²) >= 11 is 9.07. The Labute approximate surface area is 120 Å². The van der Waals surface area contributed by atoms with Crippen molar-refractivity contribution in [3.63, 3.8) is 0 Å². The summed E-state index contributed by atoms with van der Waals surface area (Å²) < 4.78 is 0.818. The van der Waals surface area contributed by atoms with Crippen molar-refractivity contribution < 1.29 is 5.11 Å². The topological polar surface area (TPSA) is 32.3 Å². The number of aliphatic hydroxyl groups excluding tert-OH is 1. The van der Waals surface area contributed by atoms with E-state index in [1.54, 1.807) is 22.7 Å². The highest BCUT2D eigenvalue weighted by atomic mass is 35.5. The zero-order valence-corrected chi connectivity index (χ0v) is 12.5. The molecule has 0 aromatic carbocycles. The van der Waals surface area contributed by atoms with Crippen molar-refractivity contribution in [1.29, 1.82) is 0 Å². The van der Waals surface area contributed by atoms with Gasteiger partial charge in [-0.15, -0.1) is 22.7 Å². The van der Waals surface area contributed by atoms with E-state index < -0.39 is 0 Å². The quantitative estimate of drug-likeness (QED) is 0.843. The lowest BCUT2D eigenvalue weighted by molar-refractivity contribution is 0.157. The van der Waals surface area contributed by atoms with Crippen molar-refractivity contribution in [3.8, 4) is 0 Å². The third kappa shape index (κ3) is 4.07. The Bertz CT molecular complexity index is 469. The van der Waals surface area contributed by atoms with Crippen molar-refractivity contribution in [3.05, 3.63) is 43.7 Å². The van der Waals surface area contributed by atoms with Gasteiger partial charge in [0.1, 0.15) is 0 Å². The van der Waals surface area contributed by atoms with E-state index in [0.29, 0.717) is 0 Å². The van der Waals surface area contributed by atoms with Crippen LogP contribution in [-0.2, 0) is 6.54 Å². The van der Waals surface area contributed by atoms with E-state index in [0.717, 1.165) is 22.2 Å². The number of hydrogen-bond donors (Lipinski definition) is 2. The molecule has 0 fully saturated rings. The number of rotatable bonds is 6. The molecule has 2 atom stereocenters. The molecule has 0 amide bonds. The van der Waals surface area contributed by atoms with Crippen LogP contribution in [0.25, 0.3) is 0 Å². The molecule has 2 heterocycles. The smallest absolute Gasteiger partial charge is 0.0931 e. The fourth-order valence-corrected chi connectivity index (χ4v) is 3.50. The summed E-state index contributed by atoms with van der Waals surface area (Å²) in [5.41, 5.74) is 0. The molecule has 2 rings (SSSR count). The highest BCUT2D eigenvalue weighted by molar-refractivity contribution is 7.16. The molecule has 2 aromatic rings. The Morgan fingerprint density at radius 1 is 1.39 bits per heavy atom. The SMILES string of the molecule is CC(CC(O)c1cccs1)NCc1ccc(Cl)s1. The number of aliphatic hydroxyl groups is 1. The van der Waals surface area contributed by atoms with Crippen LogP contribution >= 0.6 is 34.3 Å². The number of hydrogen-bond acceptors (Lipinski definition) is 4. The van der Waals surface area contributed by atoms with Crippen LogP contribution in [0.5, 0.6) is 0 Å². The van der Waals surface area contributed by atoms with Gasteiger partial charge in [-0.2, -0.15) is 0 Å². The minimum absolute atomic E-state index is 0.267. The van der Waals surface area contributed by atoms with Crippen molar-refractivity contribution in [2.45, 2.75) is 32.0 Å². The lowest BCUT2D eigenvalue weighted by Gasteiger charge is -2.16. The van der Waals surface area contributed by atoms with Gasteiger partial charge in [0.05, 0.1) is 10.4 Å². The van der Waals surface area contributed by atoms with Crippen molar-refractivity contribution in [1.82, 2.24) is 5.32 Å². The second kappa shape index (κ2) is 6.68. The van der Waals surface area contributed by atoms with Crippen molar-refractivity contribution in [2.24, 2.45) is 0 Å². The molecule has 2 unspecified atom stereocenters. The normalized spacial score (nSPS) is 14.6. The van der Waals surface area contributed by atoms with Crippen LogP contribution in [0.15, 0.2) is 29.6 Å². The fraction of sp³-hybridized carbons (Fsp3) is 0.385. The van der Waals surface area contributed by atoms with E-state index in [1.807, 2.05) is 29.6 Å². The molecule has 2 nitrogen and oxygen atoms in total. The third-order valence-electron chi connectivity index (χ3n) is 2.70. The monoisotopic (exact) mass is 301 g/mol. The summed E-state index contributed by atoms with van der Waals surface area (Å²) in [4.78, 5) is 2.25. The first-order valence-corrected chi connectivity index (χ1v) is 7.91. The van der Waals surface area contributed by atoms with Gasteiger partial charge < -0.3 is 10.4 Å². The Morgan fingerprint density at radius 2 is 2.22 bits per heavy atom. The Morgan fingerprint density at radius 3 is 2.83 bits per heavy atom. The molecule has 0 bridgehead atoms. The first-order chi connectivity index (χ1) is 8.65. The van der Waals surface area contributed by atoms with Crippen LogP contribution in [-0.4, -0.2) is 11.1 Å². The van der Waals surface area contributed by atoms with E-state index in [4.69, 9.17) is 11.6 Å². The summed E-state index contributed by atoms with van der Waals surface area (Å²) in [6.45, 7) is 2.89. The van der Waals surface area contributed by atoms with Crippen LogP contribution in [0.3, 0.4) is 0 Å². The summed E-state index contributed by atoms with van der Waals surface area (Å²) in [7, 11) is 0. The highest BCUT2D eigenvalue weighted by Crippen LogP contribution is 2.24. The zero-order valence-electron chi connectivity index (χ0n) is 10.1. The second-order valence-electron chi connectivity index (χ2n) is 4.25. The first-order valence-electron chi connectivity index (χ1n) is 5.84. The average molecular weight is 302 g/mol. The molecule has 98 valence electrons. The van der Waals surface area contributed by atoms with Gasteiger partial charge in [-0.25, -0.2) is 0 Å². The molecule has 0 aliphatic heterocycles. The molecule has 0 aliphatic carbocycles. The molecule has 0 aliphatic rings. The minimum Gasteiger partial charge on any atom is -0.388 e. The molecule has 18 heavy (non-hydrogen) atoms. The number of thiophene rings is 2. The van der Waals surface area contributed by atoms with Gasteiger partial charge in [-0.3, -0.25) is 0 Å². The maximum atomic E-state index is 10.0. The lowest BCUT2D eigenvalue weighted by Crippen LogP contribution is -2.26. The third-order valence-corrected chi connectivity index (χ3v) is 4.91. The first kappa shape index (κ1) is 14.0. The van der Waals surface area contributed by atoms with Crippen LogP contribution in [0.1, 0.15) is 29.2 Å². The Hall–Kier alpha value is -0.390. The van der Waals surface area contributed by atoms with Gasteiger partial charge in [0.2, 0.25) is 0 Å². The highest BCUT2D eigenvalue weighted by Gasteiger charge is 2.13. The van der Waals surface area contributed by atoms with Gasteiger partial charge in [0, 0.05) is 22.3 Å². The predicted molar refractivity (Wildman–Crippen MR) is 79.5 cm³/mol. The zero-order chi connectivity index (χ0) is 13.0. The summed E-state index contributed by atoms with van der Waals surface area (Å²) in [5.74, 6) is 0. The van der Waals surface area contributed by atoms with Gasteiger partial charge in [-0.05, 0) is 36.9 Å². The lowest BCUT2D eigenvalue weighted by atomic mass is 10.1. The predicted octanol–water partition coefficient (Wildman–Crippen LogP) is 4.06. The minimum atomic E-state index is -0.376. The van der Waals surface area contributed by atoms with E-state index in [2.05, 4.69) is 12.2 Å². The molecular formula is C13H16ClNOS2. The van der Waals surface area contributed by atoms with Gasteiger partial charge in [0.15, 0.2) is 0 Å². The van der Waals surface area contributed by atoms with E-state index in [9.17, 15) is 5.11 Å². The molecular weight excluding hydrogens is 286 g/mol. The number of halogens is 1. The average Bonchev–Trinajstić information content (AvgIpc) is 2.97. The molecule has 2 N–H and O–H groups in total. The maximum Gasteiger partial charge on any atom is 0.0931 e. The number of nitrogens with one attached hydrogen (secondary N) is 1.